The molecule has 0 aliphatic heterocycles. The highest BCUT2D eigenvalue weighted by atomic mass is 16.5. The lowest BCUT2D eigenvalue weighted by molar-refractivity contribution is -0.117. The summed E-state index contributed by atoms with van der Waals surface area (Å²) < 4.78 is 5.02. The summed E-state index contributed by atoms with van der Waals surface area (Å²) in [4.78, 5) is 27.7. The van der Waals surface area contributed by atoms with Gasteiger partial charge in [-0.3, -0.25) is 9.59 Å². The van der Waals surface area contributed by atoms with E-state index in [1.807, 2.05) is 12.1 Å². The maximum atomic E-state index is 13.3. The number of carbonyl (C=O) groups is 2. The van der Waals surface area contributed by atoms with Gasteiger partial charge in [-0.15, -0.1) is 0 Å². The number of amides is 2. The Bertz CT molecular complexity index is 853. The van der Waals surface area contributed by atoms with Gasteiger partial charge in [-0.1, -0.05) is 62.7 Å². The second-order valence-electron chi connectivity index (χ2n) is 9.07. The summed E-state index contributed by atoms with van der Waals surface area (Å²) in [6.45, 7) is 4.62. The van der Waals surface area contributed by atoms with Gasteiger partial charge in [0.15, 0.2) is 5.82 Å². The molecule has 1 N–H and O–H groups in total. The SMILES string of the molecule is CCCCCCc1ccc(C(=O)N(CC(=O)Nc2cc(C)on2)CC2CCCCC2)cc1. The van der Waals surface area contributed by atoms with E-state index in [9.17, 15) is 9.59 Å². The Hall–Kier alpha value is -2.63. The number of nitrogens with one attached hydrogen (secondary N) is 1. The maximum Gasteiger partial charge on any atom is 0.254 e. The van der Waals surface area contributed by atoms with E-state index >= 15 is 0 Å². The normalized spacial score (nSPS) is 14.3. The molecule has 0 radical (unpaired) electrons. The van der Waals surface area contributed by atoms with Gasteiger partial charge in [0.2, 0.25) is 5.91 Å². The third-order valence-electron chi connectivity index (χ3n) is 6.24. The third-order valence-corrected chi connectivity index (χ3v) is 6.24. The fraction of sp³-hybridized carbons (Fsp3) is 0.577. The number of carbonyl (C=O) groups excluding carboxylic acids is 2. The molecular weight excluding hydrogens is 402 g/mol. The first-order chi connectivity index (χ1) is 15.5. The second kappa shape index (κ2) is 12.4. The van der Waals surface area contributed by atoms with Crippen molar-refractivity contribution in [3.8, 4) is 0 Å². The van der Waals surface area contributed by atoms with E-state index in [0.717, 1.165) is 19.3 Å². The average molecular weight is 440 g/mol. The molecule has 0 spiro atoms. The van der Waals surface area contributed by atoms with Crippen LogP contribution in [0.1, 0.15) is 86.4 Å². The summed E-state index contributed by atoms with van der Waals surface area (Å²) in [5.41, 5.74) is 1.90. The van der Waals surface area contributed by atoms with E-state index < -0.39 is 0 Å². The smallest absolute Gasteiger partial charge is 0.254 e. The van der Waals surface area contributed by atoms with Crippen LogP contribution in [0.5, 0.6) is 0 Å². The molecule has 6 heteroatoms. The molecule has 1 aromatic heterocycles. The Kier molecular flexibility index (Phi) is 9.32. The fourth-order valence-corrected chi connectivity index (χ4v) is 4.43. The van der Waals surface area contributed by atoms with Crippen LogP contribution in [0.2, 0.25) is 0 Å². The first kappa shape index (κ1) is 24.0. The molecule has 1 saturated carbocycles. The van der Waals surface area contributed by atoms with Gasteiger partial charge in [0, 0.05) is 18.2 Å². The van der Waals surface area contributed by atoms with Gasteiger partial charge in [-0.25, -0.2) is 0 Å². The lowest BCUT2D eigenvalue weighted by atomic mass is 9.89. The monoisotopic (exact) mass is 439 g/mol. The zero-order valence-corrected chi connectivity index (χ0v) is 19.6. The number of hydrogen-bond donors (Lipinski definition) is 1. The van der Waals surface area contributed by atoms with E-state index in [2.05, 4.69) is 29.5 Å². The average Bonchev–Trinajstić information content (AvgIpc) is 3.21. The molecule has 0 saturated heterocycles. The topological polar surface area (TPSA) is 75.4 Å². The predicted molar refractivity (Wildman–Crippen MR) is 127 cm³/mol. The third kappa shape index (κ3) is 7.50. The van der Waals surface area contributed by atoms with Crippen LogP contribution in [-0.2, 0) is 11.2 Å². The van der Waals surface area contributed by atoms with Crippen molar-refractivity contribution in [2.24, 2.45) is 5.92 Å². The molecule has 174 valence electrons. The first-order valence-electron chi connectivity index (χ1n) is 12.2. The van der Waals surface area contributed by atoms with Crippen molar-refractivity contribution in [1.29, 1.82) is 0 Å². The summed E-state index contributed by atoms with van der Waals surface area (Å²) in [5.74, 6) is 1.12. The minimum Gasteiger partial charge on any atom is -0.360 e. The number of aryl methyl sites for hydroxylation is 2. The van der Waals surface area contributed by atoms with Gasteiger partial charge in [-0.05, 0) is 56.2 Å². The minimum absolute atomic E-state index is 0.0139. The molecule has 1 aromatic carbocycles. The van der Waals surface area contributed by atoms with Crippen LogP contribution in [0.3, 0.4) is 0 Å². The first-order valence-corrected chi connectivity index (χ1v) is 12.2. The van der Waals surface area contributed by atoms with E-state index in [1.165, 1.54) is 50.5 Å². The standard InChI is InChI=1S/C26H37N3O3/c1-3-4-5-7-10-21-13-15-23(16-14-21)26(31)29(18-22-11-8-6-9-12-22)19-25(30)27-24-17-20(2)32-28-24/h13-17,22H,3-12,18-19H2,1-2H3,(H,27,28,30). The van der Waals surface area contributed by atoms with E-state index in [1.54, 1.807) is 17.9 Å². The Morgan fingerprint density at radius 1 is 1.09 bits per heavy atom. The van der Waals surface area contributed by atoms with E-state index in [0.29, 0.717) is 29.6 Å². The van der Waals surface area contributed by atoms with Crippen LogP contribution in [0.15, 0.2) is 34.9 Å². The molecule has 1 aliphatic rings. The number of unbranched alkanes of at least 4 members (excludes halogenated alkanes) is 3. The molecule has 0 bridgehead atoms. The van der Waals surface area contributed by atoms with Crippen LogP contribution in [0.25, 0.3) is 0 Å². The van der Waals surface area contributed by atoms with Crippen molar-refractivity contribution >= 4 is 17.6 Å². The molecule has 1 fully saturated rings. The Balaban J connectivity index is 1.64. The zero-order chi connectivity index (χ0) is 22.8. The van der Waals surface area contributed by atoms with Crippen molar-refractivity contribution in [1.82, 2.24) is 10.1 Å². The summed E-state index contributed by atoms with van der Waals surface area (Å²) >= 11 is 0. The highest BCUT2D eigenvalue weighted by Gasteiger charge is 2.24. The molecule has 32 heavy (non-hydrogen) atoms. The number of aromatic nitrogens is 1. The minimum atomic E-state index is -0.255. The molecule has 0 unspecified atom stereocenters. The Labute approximate surface area is 191 Å². The maximum absolute atomic E-state index is 13.3. The van der Waals surface area contributed by atoms with Crippen molar-refractivity contribution in [3.63, 3.8) is 0 Å². The molecule has 1 aliphatic carbocycles. The van der Waals surface area contributed by atoms with Crippen LogP contribution in [0, 0.1) is 12.8 Å². The second-order valence-corrected chi connectivity index (χ2v) is 9.07. The molecular formula is C26H37N3O3. The van der Waals surface area contributed by atoms with Crippen LogP contribution < -0.4 is 5.32 Å². The van der Waals surface area contributed by atoms with Gasteiger partial charge < -0.3 is 14.7 Å². The van der Waals surface area contributed by atoms with Gasteiger partial charge in [0.1, 0.15) is 12.3 Å². The van der Waals surface area contributed by atoms with Crippen LogP contribution in [-0.4, -0.2) is 35.0 Å². The number of hydrogen-bond acceptors (Lipinski definition) is 4. The quantitative estimate of drug-likeness (QED) is 0.451. The molecule has 3 rings (SSSR count). The Morgan fingerprint density at radius 2 is 1.84 bits per heavy atom. The summed E-state index contributed by atoms with van der Waals surface area (Å²) in [5, 5.41) is 6.56. The predicted octanol–water partition coefficient (Wildman–Crippen LogP) is 5.77. The van der Waals surface area contributed by atoms with Crippen molar-refractivity contribution in [2.75, 3.05) is 18.4 Å². The number of rotatable bonds is 11. The highest BCUT2D eigenvalue weighted by molar-refractivity contribution is 5.99. The molecule has 1 heterocycles. The number of benzene rings is 1. The lowest BCUT2D eigenvalue weighted by Crippen LogP contribution is -2.41. The molecule has 2 amide bonds. The van der Waals surface area contributed by atoms with Gasteiger partial charge in [0.05, 0.1) is 0 Å². The van der Waals surface area contributed by atoms with Crippen LogP contribution in [0.4, 0.5) is 5.82 Å². The molecule has 6 nitrogen and oxygen atoms in total. The van der Waals surface area contributed by atoms with Crippen molar-refractivity contribution in [2.45, 2.75) is 78.1 Å². The van der Waals surface area contributed by atoms with E-state index in [-0.39, 0.29) is 18.4 Å². The molecule has 2 aromatic rings. The zero-order valence-electron chi connectivity index (χ0n) is 19.6. The summed E-state index contributed by atoms with van der Waals surface area (Å²) in [6.07, 6.45) is 11.8. The lowest BCUT2D eigenvalue weighted by Gasteiger charge is -2.29. The number of anilines is 1. The molecule has 0 atom stereocenters. The van der Waals surface area contributed by atoms with Crippen LogP contribution >= 0.6 is 0 Å². The number of nitrogens with zero attached hydrogens (tertiary/aromatic N) is 2. The van der Waals surface area contributed by atoms with Gasteiger partial charge >= 0.3 is 0 Å². The van der Waals surface area contributed by atoms with Crippen molar-refractivity contribution in [3.05, 3.63) is 47.2 Å². The van der Waals surface area contributed by atoms with E-state index in [4.69, 9.17) is 4.52 Å². The Morgan fingerprint density at radius 3 is 2.50 bits per heavy atom. The van der Waals surface area contributed by atoms with Gasteiger partial charge in [0.25, 0.3) is 5.91 Å². The van der Waals surface area contributed by atoms with Crippen molar-refractivity contribution < 1.29 is 14.1 Å². The van der Waals surface area contributed by atoms with Gasteiger partial charge in [-0.2, -0.15) is 0 Å². The largest absolute Gasteiger partial charge is 0.360 e. The summed E-state index contributed by atoms with van der Waals surface area (Å²) in [6, 6.07) is 9.59. The summed E-state index contributed by atoms with van der Waals surface area (Å²) in [7, 11) is 0. The highest BCUT2D eigenvalue weighted by Crippen LogP contribution is 2.25. The fourth-order valence-electron chi connectivity index (χ4n) is 4.43.